The van der Waals surface area contributed by atoms with E-state index in [0.717, 1.165) is 51.6 Å². The predicted octanol–water partition coefficient (Wildman–Crippen LogP) is 0.201. The second kappa shape index (κ2) is 9.13. The van der Waals surface area contributed by atoms with Gasteiger partial charge >= 0.3 is 0 Å². The van der Waals surface area contributed by atoms with Gasteiger partial charge in [-0.3, -0.25) is 10.4 Å². The minimum absolute atomic E-state index is 0.571. The molecule has 0 aliphatic carbocycles. The van der Waals surface area contributed by atoms with E-state index >= 15 is 0 Å². The van der Waals surface area contributed by atoms with Crippen molar-refractivity contribution in [2.24, 2.45) is 16.8 Å². The molecule has 0 bridgehead atoms. The van der Waals surface area contributed by atoms with Crippen LogP contribution in [0.25, 0.3) is 0 Å². The lowest BCUT2D eigenvalue weighted by molar-refractivity contribution is 0.114. The fraction of sp³-hybridized carbons (Fsp3) is 0.917. The van der Waals surface area contributed by atoms with E-state index in [2.05, 4.69) is 15.3 Å². The minimum atomic E-state index is 0.571. The molecule has 6 nitrogen and oxygen atoms in total. The number of likely N-dealkylation sites (tertiary alicyclic amines) is 1. The first-order valence-electron chi connectivity index (χ1n) is 6.55. The van der Waals surface area contributed by atoms with Gasteiger partial charge in [0.05, 0.1) is 6.61 Å². The number of guanidine groups is 1. The highest BCUT2D eigenvalue weighted by molar-refractivity contribution is 5.79. The first kappa shape index (κ1) is 15.2. The van der Waals surface area contributed by atoms with Crippen molar-refractivity contribution in [1.29, 1.82) is 0 Å². The second-order valence-corrected chi connectivity index (χ2v) is 4.61. The molecule has 1 rings (SSSR count). The third kappa shape index (κ3) is 5.20. The number of ether oxygens (including phenoxy) is 2. The van der Waals surface area contributed by atoms with Gasteiger partial charge in [-0.15, -0.1) is 0 Å². The Hall–Kier alpha value is -0.850. The van der Waals surface area contributed by atoms with E-state index in [-0.39, 0.29) is 0 Å². The number of hydrogen-bond donors (Lipinski definition) is 2. The molecule has 1 atom stereocenters. The molecule has 0 spiro atoms. The zero-order chi connectivity index (χ0) is 13.2. The first-order chi connectivity index (χ1) is 8.81. The third-order valence-corrected chi connectivity index (χ3v) is 3.12. The van der Waals surface area contributed by atoms with Crippen LogP contribution in [0.3, 0.4) is 0 Å². The Bertz CT molecular complexity index is 246. The summed E-state index contributed by atoms with van der Waals surface area (Å²) in [7, 11) is 3.45. The molecule has 0 radical (unpaired) electrons. The Kier molecular flexibility index (Phi) is 7.71. The molecule has 106 valence electrons. The number of hydrazine groups is 1. The highest BCUT2D eigenvalue weighted by Crippen LogP contribution is 2.16. The van der Waals surface area contributed by atoms with E-state index in [0.29, 0.717) is 5.92 Å². The summed E-state index contributed by atoms with van der Waals surface area (Å²) in [6, 6.07) is 0. The summed E-state index contributed by atoms with van der Waals surface area (Å²) in [6.45, 7) is 4.24. The third-order valence-electron chi connectivity index (χ3n) is 3.12. The summed E-state index contributed by atoms with van der Waals surface area (Å²) in [5.41, 5.74) is 2.71. The maximum atomic E-state index is 5.55. The van der Waals surface area contributed by atoms with Crippen molar-refractivity contribution in [3.05, 3.63) is 0 Å². The monoisotopic (exact) mass is 258 g/mol. The minimum Gasteiger partial charge on any atom is -0.385 e. The number of nitrogens with two attached hydrogens (primary N) is 1. The van der Waals surface area contributed by atoms with Crippen molar-refractivity contribution in [2.45, 2.75) is 19.3 Å². The Labute approximate surface area is 109 Å². The van der Waals surface area contributed by atoms with Crippen molar-refractivity contribution >= 4 is 5.96 Å². The van der Waals surface area contributed by atoms with Gasteiger partial charge in [-0.2, -0.15) is 0 Å². The quantitative estimate of drug-likeness (QED) is 0.234. The van der Waals surface area contributed by atoms with Crippen molar-refractivity contribution in [1.82, 2.24) is 10.3 Å². The Morgan fingerprint density at radius 3 is 2.94 bits per heavy atom. The molecule has 1 fully saturated rings. The zero-order valence-electron chi connectivity index (χ0n) is 11.5. The van der Waals surface area contributed by atoms with Crippen LogP contribution in [0.1, 0.15) is 19.3 Å². The number of aliphatic imine (C=N–C) groups is 1. The maximum Gasteiger partial charge on any atom is 0.208 e. The van der Waals surface area contributed by atoms with Gasteiger partial charge in [0.25, 0.3) is 0 Å². The zero-order valence-corrected chi connectivity index (χ0v) is 11.5. The molecule has 0 aromatic heterocycles. The second-order valence-electron chi connectivity index (χ2n) is 4.61. The van der Waals surface area contributed by atoms with Crippen LogP contribution in [-0.4, -0.2) is 57.9 Å². The largest absolute Gasteiger partial charge is 0.385 e. The van der Waals surface area contributed by atoms with E-state index in [4.69, 9.17) is 15.3 Å². The maximum absolute atomic E-state index is 5.55. The molecule has 1 heterocycles. The Balaban J connectivity index is 2.42. The van der Waals surface area contributed by atoms with Gasteiger partial charge in [-0.25, -0.2) is 5.84 Å². The van der Waals surface area contributed by atoms with Gasteiger partial charge < -0.3 is 14.4 Å². The van der Waals surface area contributed by atoms with Crippen LogP contribution in [0, 0.1) is 5.92 Å². The van der Waals surface area contributed by atoms with Crippen molar-refractivity contribution in [3.63, 3.8) is 0 Å². The fourth-order valence-electron chi connectivity index (χ4n) is 2.26. The summed E-state index contributed by atoms with van der Waals surface area (Å²) in [5, 5.41) is 0. The lowest BCUT2D eigenvalue weighted by Gasteiger charge is -2.34. The molecule has 0 aromatic carbocycles. The molecular weight excluding hydrogens is 232 g/mol. The Morgan fingerprint density at radius 2 is 2.28 bits per heavy atom. The SMILES string of the molecule is COCCCN=C(NN)N1CCCC(COC)C1. The summed E-state index contributed by atoms with van der Waals surface area (Å²) in [5.74, 6) is 6.91. The summed E-state index contributed by atoms with van der Waals surface area (Å²) in [4.78, 5) is 6.69. The van der Waals surface area contributed by atoms with E-state index in [1.54, 1.807) is 14.2 Å². The number of nitrogens with one attached hydrogen (secondary N) is 1. The van der Waals surface area contributed by atoms with E-state index < -0.39 is 0 Å². The number of nitrogens with zero attached hydrogens (tertiary/aromatic N) is 2. The van der Waals surface area contributed by atoms with Crippen molar-refractivity contribution in [2.75, 3.05) is 47.1 Å². The van der Waals surface area contributed by atoms with Crippen LogP contribution >= 0.6 is 0 Å². The van der Waals surface area contributed by atoms with Gasteiger partial charge in [0.15, 0.2) is 0 Å². The van der Waals surface area contributed by atoms with Gasteiger partial charge in [-0.1, -0.05) is 0 Å². The summed E-state index contributed by atoms with van der Waals surface area (Å²) >= 11 is 0. The summed E-state index contributed by atoms with van der Waals surface area (Å²) in [6.07, 6.45) is 3.29. The Morgan fingerprint density at radius 1 is 1.44 bits per heavy atom. The van der Waals surface area contributed by atoms with Gasteiger partial charge in [-0.05, 0) is 25.2 Å². The van der Waals surface area contributed by atoms with Gasteiger partial charge in [0.1, 0.15) is 0 Å². The molecule has 1 saturated heterocycles. The van der Waals surface area contributed by atoms with Crippen LogP contribution in [0.15, 0.2) is 4.99 Å². The molecule has 18 heavy (non-hydrogen) atoms. The molecule has 0 saturated carbocycles. The van der Waals surface area contributed by atoms with Crippen molar-refractivity contribution in [3.8, 4) is 0 Å². The van der Waals surface area contributed by atoms with Gasteiger partial charge in [0, 0.05) is 40.5 Å². The number of rotatable bonds is 6. The van der Waals surface area contributed by atoms with Crippen molar-refractivity contribution < 1.29 is 9.47 Å². The normalized spacial score (nSPS) is 21.2. The van der Waals surface area contributed by atoms with Crippen LogP contribution in [0.2, 0.25) is 0 Å². The molecule has 1 unspecified atom stereocenters. The lowest BCUT2D eigenvalue weighted by atomic mass is 9.99. The molecule has 6 heteroatoms. The van der Waals surface area contributed by atoms with E-state index in [1.165, 1.54) is 6.42 Å². The molecular formula is C12H26N4O2. The van der Waals surface area contributed by atoms with Crippen LogP contribution in [-0.2, 0) is 9.47 Å². The number of piperidine rings is 1. The molecule has 0 aromatic rings. The number of methoxy groups -OCH3 is 2. The first-order valence-corrected chi connectivity index (χ1v) is 6.55. The highest BCUT2D eigenvalue weighted by atomic mass is 16.5. The van der Waals surface area contributed by atoms with Crippen LogP contribution in [0.4, 0.5) is 0 Å². The highest BCUT2D eigenvalue weighted by Gasteiger charge is 2.21. The van der Waals surface area contributed by atoms with Crippen LogP contribution in [0.5, 0.6) is 0 Å². The smallest absolute Gasteiger partial charge is 0.208 e. The van der Waals surface area contributed by atoms with E-state index in [9.17, 15) is 0 Å². The average molecular weight is 258 g/mol. The standard InChI is InChI=1S/C12H26N4O2/c1-17-8-4-6-14-12(15-13)16-7-3-5-11(9-16)10-18-2/h11H,3-10,13H2,1-2H3,(H,14,15). The summed E-state index contributed by atoms with van der Waals surface area (Å²) < 4.78 is 10.2. The van der Waals surface area contributed by atoms with Gasteiger partial charge in [0.2, 0.25) is 5.96 Å². The average Bonchev–Trinajstić information content (AvgIpc) is 2.40. The lowest BCUT2D eigenvalue weighted by Crippen LogP contribution is -2.49. The molecule has 1 aliphatic heterocycles. The molecule has 0 amide bonds. The number of hydrogen-bond acceptors (Lipinski definition) is 4. The topological polar surface area (TPSA) is 72.1 Å². The predicted molar refractivity (Wildman–Crippen MR) is 72.3 cm³/mol. The van der Waals surface area contributed by atoms with Crippen LogP contribution < -0.4 is 11.3 Å². The molecule has 3 N–H and O–H groups in total. The fourth-order valence-corrected chi connectivity index (χ4v) is 2.26. The molecule has 1 aliphatic rings. The van der Waals surface area contributed by atoms with E-state index in [1.807, 2.05) is 0 Å².